The Labute approximate surface area is 99.8 Å². The first-order valence-electron chi connectivity index (χ1n) is 6.01. The van der Waals surface area contributed by atoms with Crippen molar-refractivity contribution in [1.29, 1.82) is 0 Å². The SMILES string of the molecule is CC(O)CCn1nnc(C(N)=O)c1C1CCC1. The smallest absolute Gasteiger partial charge is 0.271 e. The number of aliphatic hydroxyl groups excluding tert-OH is 1. The summed E-state index contributed by atoms with van der Waals surface area (Å²) in [5.74, 6) is -0.170. The Morgan fingerprint density at radius 1 is 1.65 bits per heavy atom. The highest BCUT2D eigenvalue weighted by Gasteiger charge is 2.29. The van der Waals surface area contributed by atoms with Crippen LogP contribution in [0.5, 0.6) is 0 Å². The lowest BCUT2D eigenvalue weighted by Crippen LogP contribution is -2.22. The van der Waals surface area contributed by atoms with E-state index >= 15 is 0 Å². The molecule has 0 bridgehead atoms. The number of nitrogens with two attached hydrogens (primary N) is 1. The maximum atomic E-state index is 11.3. The van der Waals surface area contributed by atoms with Crippen LogP contribution < -0.4 is 5.73 Å². The van der Waals surface area contributed by atoms with Crippen molar-refractivity contribution in [3.63, 3.8) is 0 Å². The van der Waals surface area contributed by atoms with E-state index in [0.717, 1.165) is 18.5 Å². The van der Waals surface area contributed by atoms with Crippen molar-refractivity contribution in [1.82, 2.24) is 15.0 Å². The third-order valence-electron chi connectivity index (χ3n) is 3.26. The van der Waals surface area contributed by atoms with E-state index in [2.05, 4.69) is 10.3 Å². The molecular formula is C11H18N4O2. The topological polar surface area (TPSA) is 94.0 Å². The van der Waals surface area contributed by atoms with E-state index in [1.807, 2.05) is 0 Å². The largest absolute Gasteiger partial charge is 0.393 e. The second-order valence-corrected chi connectivity index (χ2v) is 4.68. The molecule has 1 atom stereocenters. The summed E-state index contributed by atoms with van der Waals surface area (Å²) in [6, 6.07) is 0. The number of rotatable bonds is 5. The van der Waals surface area contributed by atoms with Crippen LogP contribution in [0.4, 0.5) is 0 Å². The summed E-state index contributed by atoms with van der Waals surface area (Å²) in [5.41, 5.74) is 6.44. The van der Waals surface area contributed by atoms with Crippen molar-refractivity contribution in [3.8, 4) is 0 Å². The van der Waals surface area contributed by atoms with Crippen LogP contribution in [0, 0.1) is 0 Å². The molecule has 0 aliphatic heterocycles. The number of aromatic nitrogens is 3. The molecule has 1 aromatic heterocycles. The number of carbonyl (C=O) groups is 1. The number of primary amides is 1. The lowest BCUT2D eigenvalue weighted by molar-refractivity contribution is 0.0993. The quantitative estimate of drug-likeness (QED) is 0.777. The number of aliphatic hydroxyl groups is 1. The van der Waals surface area contributed by atoms with Gasteiger partial charge in [-0.2, -0.15) is 0 Å². The number of nitrogens with zero attached hydrogens (tertiary/aromatic N) is 3. The van der Waals surface area contributed by atoms with Crippen molar-refractivity contribution in [3.05, 3.63) is 11.4 Å². The minimum atomic E-state index is -0.518. The van der Waals surface area contributed by atoms with E-state index in [-0.39, 0.29) is 6.10 Å². The highest BCUT2D eigenvalue weighted by atomic mass is 16.3. The lowest BCUT2D eigenvalue weighted by atomic mass is 9.82. The molecular weight excluding hydrogens is 220 g/mol. The van der Waals surface area contributed by atoms with E-state index in [1.165, 1.54) is 6.42 Å². The molecule has 0 saturated heterocycles. The zero-order chi connectivity index (χ0) is 12.4. The van der Waals surface area contributed by atoms with Crippen LogP contribution in [0.15, 0.2) is 0 Å². The van der Waals surface area contributed by atoms with Gasteiger partial charge in [0.2, 0.25) is 0 Å². The molecule has 0 spiro atoms. The first-order valence-corrected chi connectivity index (χ1v) is 6.01. The Morgan fingerprint density at radius 3 is 2.82 bits per heavy atom. The Bertz CT molecular complexity index is 410. The second-order valence-electron chi connectivity index (χ2n) is 4.68. The van der Waals surface area contributed by atoms with Gasteiger partial charge in [-0.25, -0.2) is 4.68 Å². The average molecular weight is 238 g/mol. The third-order valence-corrected chi connectivity index (χ3v) is 3.26. The van der Waals surface area contributed by atoms with Crippen LogP contribution in [0.3, 0.4) is 0 Å². The molecule has 3 N–H and O–H groups in total. The van der Waals surface area contributed by atoms with Gasteiger partial charge in [0, 0.05) is 12.5 Å². The fraction of sp³-hybridized carbons (Fsp3) is 0.727. The van der Waals surface area contributed by atoms with Gasteiger partial charge in [0.1, 0.15) is 0 Å². The molecule has 17 heavy (non-hydrogen) atoms. The Morgan fingerprint density at radius 2 is 2.35 bits per heavy atom. The van der Waals surface area contributed by atoms with E-state index in [9.17, 15) is 9.90 Å². The fourth-order valence-electron chi connectivity index (χ4n) is 2.06. The Kier molecular flexibility index (Phi) is 3.42. The lowest BCUT2D eigenvalue weighted by Gasteiger charge is -2.26. The zero-order valence-electron chi connectivity index (χ0n) is 9.96. The molecule has 1 amide bonds. The summed E-state index contributed by atoms with van der Waals surface area (Å²) in [6.45, 7) is 2.30. The van der Waals surface area contributed by atoms with E-state index in [4.69, 9.17) is 5.73 Å². The maximum absolute atomic E-state index is 11.3. The summed E-state index contributed by atoms with van der Waals surface area (Å²) in [7, 11) is 0. The Hall–Kier alpha value is -1.43. The van der Waals surface area contributed by atoms with Crippen molar-refractivity contribution in [2.45, 2.75) is 51.2 Å². The minimum Gasteiger partial charge on any atom is -0.393 e. The molecule has 1 unspecified atom stereocenters. The van der Waals surface area contributed by atoms with Gasteiger partial charge in [-0.05, 0) is 26.2 Å². The summed E-state index contributed by atoms with van der Waals surface area (Å²) < 4.78 is 1.72. The monoisotopic (exact) mass is 238 g/mol. The number of carbonyl (C=O) groups excluding carboxylic acids is 1. The highest BCUT2D eigenvalue weighted by molar-refractivity contribution is 5.92. The van der Waals surface area contributed by atoms with Crippen molar-refractivity contribution >= 4 is 5.91 Å². The molecule has 6 heteroatoms. The number of hydrogen-bond donors (Lipinski definition) is 2. The van der Waals surface area contributed by atoms with Gasteiger partial charge in [0.25, 0.3) is 5.91 Å². The fourth-order valence-corrected chi connectivity index (χ4v) is 2.06. The number of amides is 1. The van der Waals surface area contributed by atoms with Gasteiger partial charge >= 0.3 is 0 Å². The zero-order valence-corrected chi connectivity index (χ0v) is 9.96. The van der Waals surface area contributed by atoms with Crippen LogP contribution in [0.2, 0.25) is 0 Å². The van der Waals surface area contributed by atoms with Crippen LogP contribution in [0.1, 0.15) is 54.7 Å². The third kappa shape index (κ3) is 2.46. The summed E-state index contributed by atoms with van der Waals surface area (Å²) in [4.78, 5) is 11.3. The predicted octanol–water partition coefficient (Wildman–Crippen LogP) is 0.415. The normalized spacial score (nSPS) is 17.8. The van der Waals surface area contributed by atoms with Gasteiger partial charge in [-0.1, -0.05) is 11.6 Å². The van der Waals surface area contributed by atoms with Crippen LogP contribution >= 0.6 is 0 Å². The van der Waals surface area contributed by atoms with Crippen molar-refractivity contribution < 1.29 is 9.90 Å². The summed E-state index contributed by atoms with van der Waals surface area (Å²) >= 11 is 0. The molecule has 94 valence electrons. The van der Waals surface area contributed by atoms with Gasteiger partial charge in [-0.15, -0.1) is 5.10 Å². The molecule has 2 rings (SSSR count). The van der Waals surface area contributed by atoms with Crippen LogP contribution in [0.25, 0.3) is 0 Å². The van der Waals surface area contributed by atoms with Crippen LogP contribution in [-0.4, -0.2) is 32.1 Å². The predicted molar refractivity (Wildman–Crippen MR) is 61.4 cm³/mol. The molecule has 0 radical (unpaired) electrons. The molecule has 1 fully saturated rings. The van der Waals surface area contributed by atoms with Gasteiger partial charge < -0.3 is 10.8 Å². The van der Waals surface area contributed by atoms with E-state index < -0.39 is 5.91 Å². The van der Waals surface area contributed by atoms with E-state index in [0.29, 0.717) is 24.6 Å². The second kappa shape index (κ2) is 4.83. The minimum absolute atomic E-state index is 0.292. The van der Waals surface area contributed by atoms with Crippen LogP contribution in [-0.2, 0) is 6.54 Å². The number of hydrogen-bond acceptors (Lipinski definition) is 4. The molecule has 1 aromatic rings. The first kappa shape index (κ1) is 12.0. The standard InChI is InChI=1S/C11H18N4O2/c1-7(16)5-6-15-10(8-3-2-4-8)9(11(12)17)13-14-15/h7-8,16H,2-6H2,1H3,(H2,12,17). The molecule has 1 saturated carbocycles. The van der Waals surface area contributed by atoms with Crippen molar-refractivity contribution in [2.24, 2.45) is 5.73 Å². The summed E-state index contributed by atoms with van der Waals surface area (Å²) in [6.07, 6.45) is 3.50. The molecule has 1 heterocycles. The van der Waals surface area contributed by atoms with Gasteiger partial charge in [-0.3, -0.25) is 4.79 Å². The molecule has 0 aromatic carbocycles. The Balaban J connectivity index is 2.22. The first-order chi connectivity index (χ1) is 8.09. The van der Waals surface area contributed by atoms with Gasteiger partial charge in [0.15, 0.2) is 5.69 Å². The molecule has 1 aliphatic carbocycles. The summed E-state index contributed by atoms with van der Waals surface area (Å²) in [5, 5.41) is 17.1. The molecule has 6 nitrogen and oxygen atoms in total. The van der Waals surface area contributed by atoms with Gasteiger partial charge in [0.05, 0.1) is 11.8 Å². The number of aryl methyl sites for hydroxylation is 1. The highest BCUT2D eigenvalue weighted by Crippen LogP contribution is 2.37. The van der Waals surface area contributed by atoms with E-state index in [1.54, 1.807) is 11.6 Å². The maximum Gasteiger partial charge on any atom is 0.271 e. The average Bonchev–Trinajstić information content (AvgIpc) is 2.56. The van der Waals surface area contributed by atoms with Crippen molar-refractivity contribution in [2.75, 3.05) is 0 Å². The molecule has 1 aliphatic rings.